The highest BCUT2D eigenvalue weighted by molar-refractivity contribution is 9.10. The molecule has 1 aliphatic carbocycles. The second kappa shape index (κ2) is 8.37. The molecule has 1 unspecified atom stereocenters. The van der Waals surface area contributed by atoms with Gasteiger partial charge < -0.3 is 15.5 Å². The molecule has 29 heavy (non-hydrogen) atoms. The molecule has 0 bridgehead atoms. The zero-order valence-electron chi connectivity index (χ0n) is 15.9. The van der Waals surface area contributed by atoms with Crippen LogP contribution in [0.3, 0.4) is 0 Å². The molecular formula is C22H22BrN3O3. The topological polar surface area (TPSA) is 78.5 Å². The van der Waals surface area contributed by atoms with Crippen LogP contribution in [0, 0.1) is 5.92 Å². The number of carbonyl (C=O) groups is 3. The zero-order valence-corrected chi connectivity index (χ0v) is 17.4. The molecule has 0 radical (unpaired) electrons. The van der Waals surface area contributed by atoms with E-state index in [2.05, 4.69) is 26.6 Å². The minimum absolute atomic E-state index is 0.0527. The average Bonchev–Trinajstić information content (AvgIpc) is 3.46. The first-order valence-corrected chi connectivity index (χ1v) is 10.5. The van der Waals surface area contributed by atoms with Crippen molar-refractivity contribution in [2.75, 3.05) is 11.4 Å². The Morgan fingerprint density at radius 2 is 1.79 bits per heavy atom. The van der Waals surface area contributed by atoms with Crippen molar-refractivity contribution < 1.29 is 14.4 Å². The first kappa shape index (κ1) is 19.6. The van der Waals surface area contributed by atoms with Crippen LogP contribution in [0.1, 0.15) is 35.2 Å². The summed E-state index contributed by atoms with van der Waals surface area (Å²) in [7, 11) is 0. The molecule has 1 aliphatic heterocycles. The van der Waals surface area contributed by atoms with Gasteiger partial charge in [0.25, 0.3) is 5.91 Å². The van der Waals surface area contributed by atoms with Crippen LogP contribution in [0.4, 0.5) is 5.69 Å². The highest BCUT2D eigenvalue weighted by Crippen LogP contribution is 2.31. The molecule has 1 atom stereocenters. The normalized spacial score (nSPS) is 18.6. The van der Waals surface area contributed by atoms with Crippen LogP contribution in [0.2, 0.25) is 0 Å². The third-order valence-corrected chi connectivity index (χ3v) is 5.91. The van der Waals surface area contributed by atoms with E-state index in [1.807, 2.05) is 36.4 Å². The zero-order chi connectivity index (χ0) is 20.4. The maximum atomic E-state index is 12.6. The van der Waals surface area contributed by atoms with Gasteiger partial charge in [0, 0.05) is 35.6 Å². The molecular weight excluding hydrogens is 434 g/mol. The summed E-state index contributed by atoms with van der Waals surface area (Å²) in [5.74, 6) is -0.621. The largest absolute Gasteiger partial charge is 0.352 e. The quantitative estimate of drug-likeness (QED) is 0.702. The van der Waals surface area contributed by atoms with E-state index in [-0.39, 0.29) is 30.1 Å². The lowest BCUT2D eigenvalue weighted by molar-refractivity contribution is -0.126. The lowest BCUT2D eigenvalue weighted by atomic mass is 10.1. The Kier molecular flexibility index (Phi) is 5.67. The summed E-state index contributed by atoms with van der Waals surface area (Å²) in [6, 6.07) is 15.1. The van der Waals surface area contributed by atoms with E-state index in [9.17, 15) is 14.4 Å². The van der Waals surface area contributed by atoms with E-state index in [4.69, 9.17) is 0 Å². The predicted octanol–water partition coefficient (Wildman–Crippen LogP) is 3.01. The maximum absolute atomic E-state index is 12.6. The Balaban J connectivity index is 1.31. The number of rotatable bonds is 6. The van der Waals surface area contributed by atoms with E-state index in [1.165, 1.54) is 0 Å². The number of halogens is 1. The van der Waals surface area contributed by atoms with Gasteiger partial charge in [0.2, 0.25) is 11.8 Å². The van der Waals surface area contributed by atoms with Gasteiger partial charge >= 0.3 is 0 Å². The minimum atomic E-state index is -0.377. The summed E-state index contributed by atoms with van der Waals surface area (Å²) in [4.78, 5) is 38.6. The molecule has 1 saturated heterocycles. The van der Waals surface area contributed by atoms with E-state index in [1.54, 1.807) is 17.0 Å². The van der Waals surface area contributed by atoms with Crippen molar-refractivity contribution in [1.82, 2.24) is 10.6 Å². The van der Waals surface area contributed by atoms with Gasteiger partial charge in [-0.1, -0.05) is 24.3 Å². The highest BCUT2D eigenvalue weighted by Gasteiger charge is 2.35. The van der Waals surface area contributed by atoms with Gasteiger partial charge in [0.1, 0.15) is 0 Å². The first-order chi connectivity index (χ1) is 14.0. The van der Waals surface area contributed by atoms with E-state index < -0.39 is 0 Å². The number of amides is 3. The second-order valence-corrected chi connectivity index (χ2v) is 8.37. The Morgan fingerprint density at radius 1 is 1.07 bits per heavy atom. The van der Waals surface area contributed by atoms with Gasteiger partial charge in [0.05, 0.1) is 11.6 Å². The van der Waals surface area contributed by atoms with Crippen molar-refractivity contribution in [1.29, 1.82) is 0 Å². The van der Waals surface area contributed by atoms with Gasteiger partial charge in [-0.05, 0) is 58.6 Å². The molecule has 7 heteroatoms. The third kappa shape index (κ3) is 4.67. The van der Waals surface area contributed by atoms with Crippen LogP contribution in [0.15, 0.2) is 53.0 Å². The van der Waals surface area contributed by atoms with Crippen LogP contribution >= 0.6 is 15.9 Å². The van der Waals surface area contributed by atoms with Crippen LogP contribution in [0.5, 0.6) is 0 Å². The van der Waals surface area contributed by atoms with Crippen LogP contribution < -0.4 is 15.5 Å². The predicted molar refractivity (Wildman–Crippen MR) is 113 cm³/mol. The lowest BCUT2D eigenvalue weighted by Crippen LogP contribution is -2.32. The van der Waals surface area contributed by atoms with E-state index >= 15 is 0 Å². The third-order valence-electron chi connectivity index (χ3n) is 5.23. The Morgan fingerprint density at radius 3 is 2.48 bits per heavy atom. The van der Waals surface area contributed by atoms with Crippen LogP contribution in [-0.2, 0) is 16.1 Å². The molecule has 2 aliphatic rings. The summed E-state index contributed by atoms with van der Waals surface area (Å²) in [5.41, 5.74) is 2.32. The number of nitrogens with zero attached hydrogens (tertiary/aromatic N) is 1. The average molecular weight is 456 g/mol. The summed E-state index contributed by atoms with van der Waals surface area (Å²) >= 11 is 3.46. The number of anilines is 1. The summed E-state index contributed by atoms with van der Waals surface area (Å²) in [6.07, 6.45) is 2.31. The van der Waals surface area contributed by atoms with Crippen molar-refractivity contribution >= 4 is 39.3 Å². The molecule has 2 N–H and O–H groups in total. The van der Waals surface area contributed by atoms with Crippen molar-refractivity contribution in [3.8, 4) is 0 Å². The minimum Gasteiger partial charge on any atom is -0.352 e. The molecule has 1 saturated carbocycles. The smallest absolute Gasteiger partial charge is 0.251 e. The van der Waals surface area contributed by atoms with E-state index in [0.717, 1.165) is 28.6 Å². The summed E-state index contributed by atoms with van der Waals surface area (Å²) < 4.78 is 0.834. The van der Waals surface area contributed by atoms with Gasteiger partial charge in [-0.25, -0.2) is 0 Å². The highest BCUT2D eigenvalue weighted by atomic mass is 79.9. The first-order valence-electron chi connectivity index (χ1n) is 9.73. The summed E-state index contributed by atoms with van der Waals surface area (Å²) in [5, 5.41) is 5.86. The summed E-state index contributed by atoms with van der Waals surface area (Å²) in [6.45, 7) is 0.733. The SMILES string of the molecule is O=C(NC1CC1)c1ccc(CNC(=O)C2CC(=O)N(c3ccccc3Br)C2)cc1. The fraction of sp³-hybridized carbons (Fsp3) is 0.318. The van der Waals surface area contributed by atoms with Gasteiger partial charge in [0.15, 0.2) is 0 Å². The van der Waals surface area contributed by atoms with Gasteiger partial charge in [-0.3, -0.25) is 14.4 Å². The molecule has 0 aromatic heterocycles. The molecule has 3 amide bonds. The number of nitrogens with one attached hydrogen (secondary N) is 2. The molecule has 2 aromatic rings. The Hall–Kier alpha value is -2.67. The molecule has 150 valence electrons. The molecule has 0 spiro atoms. The van der Waals surface area contributed by atoms with Crippen molar-refractivity contribution in [2.45, 2.75) is 31.8 Å². The fourth-order valence-electron chi connectivity index (χ4n) is 3.39. The number of carbonyl (C=O) groups excluding carboxylic acids is 3. The number of para-hydroxylation sites is 1. The van der Waals surface area contributed by atoms with Crippen molar-refractivity contribution in [3.63, 3.8) is 0 Å². The lowest BCUT2D eigenvalue weighted by Gasteiger charge is -2.18. The van der Waals surface area contributed by atoms with Crippen LogP contribution in [-0.4, -0.2) is 30.3 Å². The number of hydrogen-bond acceptors (Lipinski definition) is 3. The van der Waals surface area contributed by atoms with Gasteiger partial charge in [-0.2, -0.15) is 0 Å². The Labute approximate surface area is 177 Å². The van der Waals surface area contributed by atoms with E-state index in [0.29, 0.717) is 24.7 Å². The second-order valence-electron chi connectivity index (χ2n) is 7.52. The Bertz CT molecular complexity index is 941. The maximum Gasteiger partial charge on any atom is 0.251 e. The van der Waals surface area contributed by atoms with Crippen molar-refractivity contribution in [3.05, 3.63) is 64.1 Å². The molecule has 6 nitrogen and oxygen atoms in total. The van der Waals surface area contributed by atoms with Gasteiger partial charge in [-0.15, -0.1) is 0 Å². The van der Waals surface area contributed by atoms with Crippen molar-refractivity contribution in [2.24, 2.45) is 5.92 Å². The molecule has 2 fully saturated rings. The molecule has 4 rings (SSSR count). The number of benzene rings is 2. The molecule has 2 aromatic carbocycles. The number of hydrogen-bond donors (Lipinski definition) is 2. The standard InChI is InChI=1S/C22H22BrN3O3/c23-18-3-1-2-4-19(18)26-13-16(11-20(26)27)21(28)24-12-14-5-7-15(8-6-14)22(29)25-17-9-10-17/h1-8,16-17H,9-13H2,(H,24,28)(H,25,29). The molecule has 1 heterocycles. The monoisotopic (exact) mass is 455 g/mol. The fourth-order valence-corrected chi connectivity index (χ4v) is 3.89. The van der Waals surface area contributed by atoms with Crippen LogP contribution in [0.25, 0.3) is 0 Å².